The number of nitrogens with zero attached hydrogens (tertiary/aromatic N) is 1. The average molecular weight is 492 g/mol. The van der Waals surface area contributed by atoms with Gasteiger partial charge in [-0.2, -0.15) is 0 Å². The minimum absolute atomic E-state index is 0.430. The number of hydrogen-bond acceptors (Lipinski definition) is 0. The van der Waals surface area contributed by atoms with Gasteiger partial charge < -0.3 is 4.57 Å². The summed E-state index contributed by atoms with van der Waals surface area (Å²) in [5.74, 6) is 0.430. The molecule has 0 aliphatic carbocycles. The third-order valence-corrected chi connectivity index (χ3v) is 7.60. The van der Waals surface area contributed by atoms with Gasteiger partial charge >= 0.3 is 0 Å². The molecule has 0 saturated carbocycles. The summed E-state index contributed by atoms with van der Waals surface area (Å²) in [4.78, 5) is 0. The SMILES string of the molecule is CC.CC(Cc1ccccc1)c1ccc2c3cc4ccccc4cc3n(-c3ccc4ccccc4c3)c2c1. The highest BCUT2D eigenvalue weighted by Crippen LogP contribution is 2.37. The van der Waals surface area contributed by atoms with Crippen molar-refractivity contribution >= 4 is 43.4 Å². The third-order valence-electron chi connectivity index (χ3n) is 7.60. The molecular formula is C37H33N. The molecule has 1 nitrogen and oxygen atoms in total. The molecule has 1 atom stereocenters. The zero-order chi connectivity index (χ0) is 26.1. The number of rotatable bonds is 4. The van der Waals surface area contributed by atoms with Gasteiger partial charge in [0, 0.05) is 16.5 Å². The van der Waals surface area contributed by atoms with E-state index >= 15 is 0 Å². The largest absolute Gasteiger partial charge is 0.309 e. The number of hydrogen-bond donors (Lipinski definition) is 0. The van der Waals surface area contributed by atoms with Crippen LogP contribution in [0.2, 0.25) is 0 Å². The Balaban J connectivity index is 0.00000129. The molecule has 7 rings (SSSR count). The van der Waals surface area contributed by atoms with Crippen molar-refractivity contribution in [2.45, 2.75) is 33.1 Å². The molecule has 38 heavy (non-hydrogen) atoms. The molecule has 1 heterocycles. The maximum atomic E-state index is 2.46. The fourth-order valence-corrected chi connectivity index (χ4v) is 5.71. The highest BCUT2D eigenvalue weighted by atomic mass is 15.0. The van der Waals surface area contributed by atoms with Gasteiger partial charge in [-0.3, -0.25) is 0 Å². The van der Waals surface area contributed by atoms with Crippen LogP contribution in [0.4, 0.5) is 0 Å². The Morgan fingerprint density at radius 2 is 1.13 bits per heavy atom. The smallest absolute Gasteiger partial charge is 0.0547 e. The monoisotopic (exact) mass is 491 g/mol. The maximum absolute atomic E-state index is 2.46. The molecule has 0 spiro atoms. The van der Waals surface area contributed by atoms with Crippen molar-refractivity contribution in [1.82, 2.24) is 4.57 Å². The molecule has 1 heteroatoms. The Morgan fingerprint density at radius 3 is 1.87 bits per heavy atom. The molecule has 0 aliphatic rings. The lowest BCUT2D eigenvalue weighted by atomic mass is 9.93. The van der Waals surface area contributed by atoms with Crippen LogP contribution in [0.1, 0.15) is 37.8 Å². The van der Waals surface area contributed by atoms with Gasteiger partial charge in [-0.25, -0.2) is 0 Å². The van der Waals surface area contributed by atoms with Crippen molar-refractivity contribution in [3.05, 3.63) is 139 Å². The van der Waals surface area contributed by atoms with Gasteiger partial charge in [-0.15, -0.1) is 0 Å². The predicted octanol–water partition coefficient (Wildman–Crippen LogP) is 10.5. The first-order valence-electron chi connectivity index (χ1n) is 13.7. The quantitative estimate of drug-likeness (QED) is 0.231. The molecule has 6 aromatic carbocycles. The van der Waals surface area contributed by atoms with E-state index in [0.29, 0.717) is 5.92 Å². The van der Waals surface area contributed by atoms with E-state index in [9.17, 15) is 0 Å². The van der Waals surface area contributed by atoms with Crippen molar-refractivity contribution in [3.8, 4) is 5.69 Å². The molecule has 0 radical (unpaired) electrons. The van der Waals surface area contributed by atoms with Crippen LogP contribution in [-0.4, -0.2) is 4.57 Å². The van der Waals surface area contributed by atoms with Crippen LogP contribution in [0.25, 0.3) is 49.0 Å². The van der Waals surface area contributed by atoms with Crippen molar-refractivity contribution in [2.24, 2.45) is 0 Å². The standard InChI is InChI=1S/C35H27N.C2H6/c1-24(19-25-9-3-2-4-10-25)27-16-18-32-33-21-29-13-7-8-14-30(29)23-35(33)36(34(32)22-27)31-17-15-26-11-5-6-12-28(26)20-31;1-2/h2-18,20-24H,19H2,1H3;1-2H3. The van der Waals surface area contributed by atoms with E-state index in [1.165, 1.54) is 60.2 Å². The summed E-state index contributed by atoms with van der Waals surface area (Å²) in [6.45, 7) is 6.34. The third kappa shape index (κ3) is 4.25. The van der Waals surface area contributed by atoms with Gasteiger partial charge in [0.25, 0.3) is 0 Å². The molecule has 7 aromatic rings. The van der Waals surface area contributed by atoms with E-state index in [1.807, 2.05) is 13.8 Å². The molecule has 1 unspecified atom stereocenters. The molecule has 0 amide bonds. The summed E-state index contributed by atoms with van der Waals surface area (Å²) in [6, 6.07) is 46.7. The minimum Gasteiger partial charge on any atom is -0.309 e. The molecule has 1 aromatic heterocycles. The molecule has 0 N–H and O–H groups in total. The summed E-state index contributed by atoms with van der Waals surface area (Å²) in [6.07, 6.45) is 1.03. The van der Waals surface area contributed by atoms with Crippen molar-refractivity contribution in [1.29, 1.82) is 0 Å². The molecule has 0 aliphatic heterocycles. The Morgan fingerprint density at radius 1 is 0.526 bits per heavy atom. The van der Waals surface area contributed by atoms with Gasteiger partial charge in [0.15, 0.2) is 0 Å². The second-order valence-corrected chi connectivity index (χ2v) is 9.95. The summed E-state index contributed by atoms with van der Waals surface area (Å²) in [7, 11) is 0. The molecule has 0 saturated heterocycles. The van der Waals surface area contributed by atoms with Gasteiger partial charge in [-0.1, -0.05) is 118 Å². The van der Waals surface area contributed by atoms with Crippen LogP contribution in [-0.2, 0) is 6.42 Å². The first kappa shape index (κ1) is 24.0. The van der Waals surface area contributed by atoms with Gasteiger partial charge in [0.2, 0.25) is 0 Å². The second kappa shape index (κ2) is 10.2. The van der Waals surface area contributed by atoms with Crippen LogP contribution >= 0.6 is 0 Å². The molecular weight excluding hydrogens is 458 g/mol. The van der Waals surface area contributed by atoms with Crippen molar-refractivity contribution in [3.63, 3.8) is 0 Å². The van der Waals surface area contributed by atoms with E-state index in [4.69, 9.17) is 0 Å². The second-order valence-electron chi connectivity index (χ2n) is 9.95. The number of benzene rings is 6. The summed E-state index contributed by atoms with van der Waals surface area (Å²) in [5.41, 5.74) is 6.49. The van der Waals surface area contributed by atoms with Crippen molar-refractivity contribution < 1.29 is 0 Å². The van der Waals surface area contributed by atoms with Crippen LogP contribution < -0.4 is 0 Å². The van der Waals surface area contributed by atoms with E-state index in [1.54, 1.807) is 0 Å². The van der Waals surface area contributed by atoms with E-state index in [0.717, 1.165) is 6.42 Å². The molecule has 0 fully saturated rings. The van der Waals surface area contributed by atoms with E-state index < -0.39 is 0 Å². The normalized spacial score (nSPS) is 12.1. The maximum Gasteiger partial charge on any atom is 0.0547 e. The Bertz CT molecular complexity index is 1870. The lowest BCUT2D eigenvalue weighted by molar-refractivity contribution is 0.760. The van der Waals surface area contributed by atoms with Gasteiger partial charge in [0.05, 0.1) is 11.0 Å². The Hall–Kier alpha value is -4.36. The summed E-state index contributed by atoms with van der Waals surface area (Å²) >= 11 is 0. The fourth-order valence-electron chi connectivity index (χ4n) is 5.71. The van der Waals surface area contributed by atoms with Crippen LogP contribution in [0.3, 0.4) is 0 Å². The van der Waals surface area contributed by atoms with E-state index in [2.05, 4.69) is 139 Å². The zero-order valence-electron chi connectivity index (χ0n) is 22.4. The Kier molecular flexibility index (Phi) is 6.43. The van der Waals surface area contributed by atoms with Crippen LogP contribution in [0.15, 0.2) is 127 Å². The predicted molar refractivity (Wildman–Crippen MR) is 166 cm³/mol. The Labute approximate surface area is 225 Å². The topological polar surface area (TPSA) is 4.93 Å². The first-order valence-corrected chi connectivity index (χ1v) is 13.7. The average Bonchev–Trinajstić information content (AvgIpc) is 3.29. The molecule has 186 valence electrons. The number of aromatic nitrogens is 1. The van der Waals surface area contributed by atoms with Crippen molar-refractivity contribution in [2.75, 3.05) is 0 Å². The van der Waals surface area contributed by atoms with Gasteiger partial charge in [0.1, 0.15) is 0 Å². The lowest BCUT2D eigenvalue weighted by Crippen LogP contribution is -1.99. The summed E-state index contributed by atoms with van der Waals surface area (Å²) < 4.78 is 2.46. The van der Waals surface area contributed by atoms with E-state index in [-0.39, 0.29) is 0 Å². The summed E-state index contributed by atoms with van der Waals surface area (Å²) in [5, 5.41) is 7.69. The van der Waals surface area contributed by atoms with Gasteiger partial charge in [-0.05, 0) is 75.3 Å². The lowest BCUT2D eigenvalue weighted by Gasteiger charge is -2.14. The van der Waals surface area contributed by atoms with Crippen LogP contribution in [0, 0.1) is 0 Å². The highest BCUT2D eigenvalue weighted by molar-refractivity contribution is 6.13. The fraction of sp³-hybridized carbons (Fsp3) is 0.135. The molecule has 0 bridgehead atoms. The first-order chi connectivity index (χ1) is 18.7. The highest BCUT2D eigenvalue weighted by Gasteiger charge is 2.16. The zero-order valence-corrected chi connectivity index (χ0v) is 22.4. The number of fused-ring (bicyclic) bond motifs is 5. The minimum atomic E-state index is 0.430. The van der Waals surface area contributed by atoms with Crippen LogP contribution in [0.5, 0.6) is 0 Å².